The lowest BCUT2D eigenvalue weighted by molar-refractivity contribution is 0.661. The standard InChI is InChI=1S/C45H30O/c1-45(2)40-24-31(33-16-9-19-42-44(33)39-22-28-11-3-4-12-29(28)25-43(39)46-42)20-21-36(40)38-26-37-30(23-41(38)45)14-8-18-35(37)34-17-7-13-27-10-5-6-15-32(27)34/h3-26H,1-2H3. The molecule has 1 heterocycles. The summed E-state index contributed by atoms with van der Waals surface area (Å²) in [5.74, 6) is 0. The number of hydrogen-bond acceptors (Lipinski definition) is 1. The van der Waals surface area contributed by atoms with E-state index in [1.165, 1.54) is 87.6 Å². The van der Waals surface area contributed by atoms with Gasteiger partial charge in [0, 0.05) is 16.2 Å². The molecule has 0 bridgehead atoms. The van der Waals surface area contributed by atoms with E-state index >= 15 is 0 Å². The van der Waals surface area contributed by atoms with Crippen molar-refractivity contribution in [2.24, 2.45) is 0 Å². The first-order valence-electron chi connectivity index (χ1n) is 16.1. The van der Waals surface area contributed by atoms with Crippen LogP contribution in [0.3, 0.4) is 0 Å². The van der Waals surface area contributed by atoms with Gasteiger partial charge in [0.1, 0.15) is 11.2 Å². The third-order valence-electron chi connectivity index (χ3n) is 10.4. The number of furan rings is 1. The predicted octanol–water partition coefficient (Wildman–Crippen LogP) is 12.7. The van der Waals surface area contributed by atoms with Gasteiger partial charge in [-0.25, -0.2) is 0 Å². The van der Waals surface area contributed by atoms with Crippen LogP contribution in [0.25, 0.3) is 87.6 Å². The molecule has 9 aromatic rings. The molecule has 0 fully saturated rings. The molecular weight excluding hydrogens is 556 g/mol. The second-order valence-corrected chi connectivity index (χ2v) is 13.3. The molecule has 1 aromatic heterocycles. The van der Waals surface area contributed by atoms with E-state index < -0.39 is 0 Å². The van der Waals surface area contributed by atoms with Crippen molar-refractivity contribution >= 4 is 54.3 Å². The fraction of sp³-hybridized carbons (Fsp3) is 0.0667. The Morgan fingerprint density at radius 3 is 1.89 bits per heavy atom. The number of fused-ring (bicyclic) bond motifs is 9. The first kappa shape index (κ1) is 25.6. The molecule has 1 aliphatic carbocycles. The first-order valence-corrected chi connectivity index (χ1v) is 16.1. The molecule has 0 unspecified atom stereocenters. The monoisotopic (exact) mass is 586 g/mol. The van der Waals surface area contributed by atoms with Crippen LogP contribution in [0.4, 0.5) is 0 Å². The van der Waals surface area contributed by atoms with Crippen molar-refractivity contribution in [1.82, 2.24) is 0 Å². The molecular formula is C45H30O. The van der Waals surface area contributed by atoms with Gasteiger partial charge in [0.05, 0.1) is 0 Å². The number of benzene rings is 8. The molecule has 216 valence electrons. The summed E-state index contributed by atoms with van der Waals surface area (Å²) < 4.78 is 6.43. The molecule has 8 aromatic carbocycles. The van der Waals surface area contributed by atoms with Crippen molar-refractivity contribution in [2.45, 2.75) is 19.3 Å². The van der Waals surface area contributed by atoms with Crippen LogP contribution in [-0.4, -0.2) is 0 Å². The quantitative estimate of drug-likeness (QED) is 0.196. The molecule has 0 amide bonds. The highest BCUT2D eigenvalue weighted by molar-refractivity contribution is 6.16. The minimum atomic E-state index is -0.132. The number of rotatable bonds is 2. The third kappa shape index (κ3) is 3.51. The molecule has 0 atom stereocenters. The number of hydrogen-bond donors (Lipinski definition) is 0. The van der Waals surface area contributed by atoms with Crippen molar-refractivity contribution in [3.63, 3.8) is 0 Å². The maximum absolute atomic E-state index is 6.43. The molecule has 1 nitrogen and oxygen atoms in total. The lowest BCUT2D eigenvalue weighted by Crippen LogP contribution is -2.15. The highest BCUT2D eigenvalue weighted by Crippen LogP contribution is 2.52. The average Bonchev–Trinajstić information content (AvgIpc) is 3.56. The van der Waals surface area contributed by atoms with Crippen LogP contribution in [0.2, 0.25) is 0 Å². The van der Waals surface area contributed by atoms with Crippen LogP contribution < -0.4 is 0 Å². The van der Waals surface area contributed by atoms with Gasteiger partial charge in [-0.05, 0) is 113 Å². The lowest BCUT2D eigenvalue weighted by atomic mass is 9.80. The molecule has 1 heteroatoms. The lowest BCUT2D eigenvalue weighted by Gasteiger charge is -2.22. The Bertz CT molecular complexity index is 2720. The van der Waals surface area contributed by atoms with E-state index in [2.05, 4.69) is 159 Å². The first-order chi connectivity index (χ1) is 22.5. The van der Waals surface area contributed by atoms with Crippen LogP contribution >= 0.6 is 0 Å². The van der Waals surface area contributed by atoms with Crippen molar-refractivity contribution in [3.8, 4) is 33.4 Å². The fourth-order valence-corrected chi connectivity index (χ4v) is 8.12. The molecule has 46 heavy (non-hydrogen) atoms. The van der Waals surface area contributed by atoms with Crippen LogP contribution in [0.15, 0.2) is 150 Å². The zero-order valence-electron chi connectivity index (χ0n) is 25.8. The summed E-state index contributed by atoms with van der Waals surface area (Å²) in [6.45, 7) is 4.75. The summed E-state index contributed by atoms with van der Waals surface area (Å²) in [4.78, 5) is 0. The molecule has 0 spiro atoms. The third-order valence-corrected chi connectivity index (χ3v) is 10.4. The van der Waals surface area contributed by atoms with Gasteiger partial charge >= 0.3 is 0 Å². The normalized spacial score (nSPS) is 13.6. The topological polar surface area (TPSA) is 13.1 Å². The largest absolute Gasteiger partial charge is 0.456 e. The van der Waals surface area contributed by atoms with Gasteiger partial charge in [-0.15, -0.1) is 0 Å². The van der Waals surface area contributed by atoms with Crippen LogP contribution in [0, 0.1) is 0 Å². The van der Waals surface area contributed by atoms with E-state index in [0.29, 0.717) is 0 Å². The average molecular weight is 587 g/mol. The van der Waals surface area contributed by atoms with E-state index in [9.17, 15) is 0 Å². The minimum absolute atomic E-state index is 0.132. The van der Waals surface area contributed by atoms with Gasteiger partial charge in [0.15, 0.2) is 0 Å². The molecule has 0 aliphatic heterocycles. The highest BCUT2D eigenvalue weighted by Gasteiger charge is 2.36. The Hall–Kier alpha value is -5.66. The van der Waals surface area contributed by atoms with E-state index in [1.807, 2.05) is 0 Å². The molecule has 10 rings (SSSR count). The van der Waals surface area contributed by atoms with Crippen molar-refractivity contribution in [3.05, 3.63) is 157 Å². The smallest absolute Gasteiger partial charge is 0.136 e. The zero-order chi connectivity index (χ0) is 30.6. The van der Waals surface area contributed by atoms with Gasteiger partial charge in [0.25, 0.3) is 0 Å². The predicted molar refractivity (Wildman–Crippen MR) is 195 cm³/mol. The van der Waals surface area contributed by atoms with Crippen LogP contribution in [0.5, 0.6) is 0 Å². The van der Waals surface area contributed by atoms with E-state index in [0.717, 1.165) is 11.2 Å². The maximum atomic E-state index is 6.43. The minimum Gasteiger partial charge on any atom is -0.456 e. The van der Waals surface area contributed by atoms with Crippen LogP contribution in [-0.2, 0) is 5.41 Å². The Balaban J connectivity index is 1.17. The van der Waals surface area contributed by atoms with Crippen molar-refractivity contribution in [2.75, 3.05) is 0 Å². The van der Waals surface area contributed by atoms with Gasteiger partial charge in [-0.2, -0.15) is 0 Å². The summed E-state index contributed by atoms with van der Waals surface area (Å²) in [5.41, 5.74) is 12.2. The maximum Gasteiger partial charge on any atom is 0.136 e. The van der Waals surface area contributed by atoms with Gasteiger partial charge < -0.3 is 4.42 Å². The highest BCUT2D eigenvalue weighted by atomic mass is 16.3. The Morgan fingerprint density at radius 2 is 1.04 bits per heavy atom. The summed E-state index contributed by atoms with van der Waals surface area (Å²) in [7, 11) is 0. The molecule has 0 saturated carbocycles. The molecule has 1 aliphatic rings. The zero-order valence-corrected chi connectivity index (χ0v) is 25.8. The second kappa shape index (κ2) is 9.19. The Labute approximate surface area is 267 Å². The van der Waals surface area contributed by atoms with E-state index in [4.69, 9.17) is 4.42 Å². The van der Waals surface area contributed by atoms with Gasteiger partial charge in [-0.1, -0.05) is 123 Å². The van der Waals surface area contributed by atoms with E-state index in [1.54, 1.807) is 0 Å². The fourth-order valence-electron chi connectivity index (χ4n) is 8.12. The summed E-state index contributed by atoms with van der Waals surface area (Å²) in [6, 6.07) is 53.5. The van der Waals surface area contributed by atoms with Crippen molar-refractivity contribution in [1.29, 1.82) is 0 Å². The summed E-state index contributed by atoms with van der Waals surface area (Å²) in [6.07, 6.45) is 0. The van der Waals surface area contributed by atoms with Gasteiger partial charge in [-0.3, -0.25) is 0 Å². The molecule has 0 radical (unpaired) electrons. The Kier molecular flexibility index (Phi) is 5.12. The Morgan fingerprint density at radius 1 is 0.391 bits per heavy atom. The van der Waals surface area contributed by atoms with Gasteiger partial charge in [0.2, 0.25) is 0 Å². The van der Waals surface area contributed by atoms with Crippen molar-refractivity contribution < 1.29 is 4.42 Å². The van der Waals surface area contributed by atoms with E-state index in [-0.39, 0.29) is 5.41 Å². The van der Waals surface area contributed by atoms with Crippen LogP contribution in [0.1, 0.15) is 25.0 Å². The summed E-state index contributed by atoms with van der Waals surface area (Å²) in [5, 5.41) is 9.92. The SMILES string of the molecule is CC1(C)c2cc(-c3cccc4oc5cc6ccccc6cc5c34)ccc2-c2cc3c(-c4cccc5ccccc45)cccc3cc21. The second-order valence-electron chi connectivity index (χ2n) is 13.3. The molecule has 0 N–H and O–H groups in total. The molecule has 0 saturated heterocycles. The summed E-state index contributed by atoms with van der Waals surface area (Å²) >= 11 is 0.